The number of fused-ring (bicyclic) bond motifs is 1. The van der Waals surface area contributed by atoms with Crippen LogP contribution in [-0.2, 0) is 11.3 Å². The zero-order valence-electron chi connectivity index (χ0n) is 15.2. The molecule has 0 aliphatic carbocycles. The van der Waals surface area contributed by atoms with E-state index in [-0.39, 0.29) is 12.7 Å². The minimum atomic E-state index is -0.290. The number of thiocarbonyl (C=S) groups is 1. The van der Waals surface area contributed by atoms with Crippen LogP contribution < -0.4 is 25.6 Å². The van der Waals surface area contributed by atoms with Crippen molar-refractivity contribution in [2.24, 2.45) is 0 Å². The molecule has 6 nitrogen and oxygen atoms in total. The van der Waals surface area contributed by atoms with Gasteiger partial charge < -0.3 is 14.8 Å². The molecule has 0 saturated heterocycles. The number of aryl methyl sites for hydroxylation is 2. The van der Waals surface area contributed by atoms with Gasteiger partial charge in [0.25, 0.3) is 5.91 Å². The second-order valence-electron chi connectivity index (χ2n) is 6.18. The van der Waals surface area contributed by atoms with E-state index >= 15 is 0 Å². The third kappa shape index (κ3) is 5.21. The van der Waals surface area contributed by atoms with Gasteiger partial charge in [-0.3, -0.25) is 15.6 Å². The van der Waals surface area contributed by atoms with Crippen molar-refractivity contribution < 1.29 is 14.3 Å². The second-order valence-corrected chi connectivity index (χ2v) is 6.59. The second kappa shape index (κ2) is 8.55. The molecule has 140 valence electrons. The van der Waals surface area contributed by atoms with E-state index < -0.39 is 0 Å². The molecule has 0 atom stereocenters. The van der Waals surface area contributed by atoms with Gasteiger partial charge in [-0.25, -0.2) is 0 Å². The predicted octanol–water partition coefficient (Wildman–Crippen LogP) is 2.74. The summed E-state index contributed by atoms with van der Waals surface area (Å²) < 4.78 is 10.6. The first kappa shape index (κ1) is 18.7. The molecule has 0 saturated carbocycles. The summed E-state index contributed by atoms with van der Waals surface area (Å²) in [6.07, 6.45) is 3.24. The van der Waals surface area contributed by atoms with E-state index in [1.54, 1.807) is 6.08 Å². The first-order valence-electron chi connectivity index (χ1n) is 8.49. The van der Waals surface area contributed by atoms with E-state index in [2.05, 4.69) is 22.2 Å². The van der Waals surface area contributed by atoms with Crippen LogP contribution in [0.5, 0.6) is 11.5 Å². The van der Waals surface area contributed by atoms with Crippen molar-refractivity contribution in [3.8, 4) is 11.5 Å². The summed E-state index contributed by atoms with van der Waals surface area (Å²) in [6.45, 7) is 4.79. The van der Waals surface area contributed by atoms with Gasteiger partial charge in [0.1, 0.15) is 0 Å². The lowest BCUT2D eigenvalue weighted by Gasteiger charge is -2.11. The zero-order chi connectivity index (χ0) is 19.2. The van der Waals surface area contributed by atoms with Crippen LogP contribution in [0.3, 0.4) is 0 Å². The minimum absolute atomic E-state index is 0.244. The number of hydrogen-bond donors (Lipinski definition) is 3. The molecule has 0 aromatic heterocycles. The molecule has 1 aliphatic heterocycles. The van der Waals surface area contributed by atoms with E-state index in [4.69, 9.17) is 21.7 Å². The fourth-order valence-corrected chi connectivity index (χ4v) is 2.74. The molecule has 1 heterocycles. The van der Waals surface area contributed by atoms with Crippen LogP contribution in [0.4, 0.5) is 0 Å². The molecule has 3 N–H and O–H groups in total. The van der Waals surface area contributed by atoms with Crippen LogP contribution in [0.25, 0.3) is 6.08 Å². The van der Waals surface area contributed by atoms with Crippen LogP contribution in [-0.4, -0.2) is 17.8 Å². The molecule has 7 heteroatoms. The molecule has 27 heavy (non-hydrogen) atoms. The highest BCUT2D eigenvalue weighted by molar-refractivity contribution is 7.80. The van der Waals surface area contributed by atoms with E-state index in [9.17, 15) is 4.79 Å². The lowest BCUT2D eigenvalue weighted by atomic mass is 10.1. The Balaban J connectivity index is 1.43. The summed E-state index contributed by atoms with van der Waals surface area (Å²) >= 11 is 5.17. The number of benzene rings is 2. The number of carbonyl (C=O) groups is 1. The SMILES string of the molecule is Cc1ccc(/C=C/C(=O)NNC(=S)NCc2ccc3c(c2)OCO3)c(C)c1. The summed E-state index contributed by atoms with van der Waals surface area (Å²) in [7, 11) is 0. The predicted molar refractivity (Wildman–Crippen MR) is 108 cm³/mol. The molecule has 1 aliphatic rings. The summed E-state index contributed by atoms with van der Waals surface area (Å²) in [5, 5.41) is 3.34. The molecule has 0 spiro atoms. The number of nitrogens with one attached hydrogen (secondary N) is 3. The Kier molecular flexibility index (Phi) is 5.93. The average molecular weight is 383 g/mol. The zero-order valence-corrected chi connectivity index (χ0v) is 16.0. The van der Waals surface area contributed by atoms with Crippen LogP contribution in [0.1, 0.15) is 22.3 Å². The maximum absolute atomic E-state index is 11.9. The Morgan fingerprint density at radius 2 is 1.93 bits per heavy atom. The van der Waals surface area contributed by atoms with Crippen molar-refractivity contribution >= 4 is 29.3 Å². The number of amides is 1. The van der Waals surface area contributed by atoms with Gasteiger partial charge in [-0.2, -0.15) is 0 Å². The van der Waals surface area contributed by atoms with Crippen LogP contribution >= 0.6 is 12.2 Å². The van der Waals surface area contributed by atoms with Crippen molar-refractivity contribution in [2.45, 2.75) is 20.4 Å². The molecular formula is C20H21N3O3S. The van der Waals surface area contributed by atoms with Gasteiger partial charge in [0.05, 0.1) is 0 Å². The van der Waals surface area contributed by atoms with E-state index in [1.807, 2.05) is 44.2 Å². The van der Waals surface area contributed by atoms with Crippen molar-refractivity contribution in [2.75, 3.05) is 6.79 Å². The lowest BCUT2D eigenvalue weighted by Crippen LogP contribution is -2.45. The van der Waals surface area contributed by atoms with Crippen molar-refractivity contribution in [3.63, 3.8) is 0 Å². The third-order valence-corrected chi connectivity index (χ3v) is 4.28. The molecular weight excluding hydrogens is 362 g/mol. The number of hydrogen-bond acceptors (Lipinski definition) is 4. The highest BCUT2D eigenvalue weighted by Crippen LogP contribution is 2.32. The third-order valence-electron chi connectivity index (χ3n) is 4.03. The summed E-state index contributed by atoms with van der Waals surface area (Å²) in [4.78, 5) is 11.9. The van der Waals surface area contributed by atoms with Crippen LogP contribution in [0.2, 0.25) is 0 Å². The van der Waals surface area contributed by atoms with E-state index in [0.717, 1.165) is 28.2 Å². The maximum atomic E-state index is 11.9. The van der Waals surface area contributed by atoms with Crippen molar-refractivity contribution in [1.29, 1.82) is 0 Å². The molecule has 1 amide bonds. The monoisotopic (exact) mass is 383 g/mol. The Hall–Kier alpha value is -3.06. The van der Waals surface area contributed by atoms with Gasteiger partial charge in [-0.15, -0.1) is 0 Å². The largest absolute Gasteiger partial charge is 0.454 e. The molecule has 2 aromatic carbocycles. The van der Waals surface area contributed by atoms with E-state index in [0.29, 0.717) is 11.7 Å². The van der Waals surface area contributed by atoms with E-state index in [1.165, 1.54) is 11.6 Å². The number of ether oxygens (including phenoxy) is 2. The first-order valence-corrected chi connectivity index (χ1v) is 8.90. The Morgan fingerprint density at radius 3 is 2.74 bits per heavy atom. The molecule has 2 aromatic rings. The maximum Gasteiger partial charge on any atom is 0.262 e. The lowest BCUT2D eigenvalue weighted by molar-refractivity contribution is -0.116. The normalized spacial score (nSPS) is 12.1. The Labute approximate surface area is 163 Å². The van der Waals surface area contributed by atoms with Gasteiger partial charge in [-0.05, 0) is 61.0 Å². The Morgan fingerprint density at radius 1 is 1.11 bits per heavy atom. The summed E-state index contributed by atoms with van der Waals surface area (Å²) in [5.41, 5.74) is 9.51. The fourth-order valence-electron chi connectivity index (χ4n) is 2.62. The molecule has 0 fully saturated rings. The quantitative estimate of drug-likeness (QED) is 0.428. The number of rotatable bonds is 4. The minimum Gasteiger partial charge on any atom is -0.454 e. The van der Waals surface area contributed by atoms with Gasteiger partial charge in [-0.1, -0.05) is 29.8 Å². The molecule has 0 radical (unpaired) electrons. The Bertz CT molecular complexity index is 896. The summed E-state index contributed by atoms with van der Waals surface area (Å²) in [6, 6.07) is 11.7. The number of hydrazine groups is 1. The molecule has 3 rings (SSSR count). The van der Waals surface area contributed by atoms with Crippen LogP contribution in [0, 0.1) is 13.8 Å². The van der Waals surface area contributed by atoms with Crippen molar-refractivity contribution in [1.82, 2.24) is 16.2 Å². The van der Waals surface area contributed by atoms with Crippen LogP contribution in [0.15, 0.2) is 42.5 Å². The standard InChI is InChI=1S/C20H21N3O3S/c1-13-3-5-16(14(2)9-13)6-8-19(24)22-23-20(27)21-11-15-4-7-17-18(10-15)26-12-25-17/h3-10H,11-12H2,1-2H3,(H,22,24)(H2,21,23,27)/b8-6+. The smallest absolute Gasteiger partial charge is 0.262 e. The number of carbonyl (C=O) groups excluding carboxylic acids is 1. The fraction of sp³-hybridized carbons (Fsp3) is 0.200. The summed E-state index contributed by atoms with van der Waals surface area (Å²) in [5.74, 6) is 1.17. The molecule has 0 unspecified atom stereocenters. The highest BCUT2D eigenvalue weighted by Gasteiger charge is 2.13. The van der Waals surface area contributed by atoms with Gasteiger partial charge in [0.2, 0.25) is 6.79 Å². The van der Waals surface area contributed by atoms with Crippen molar-refractivity contribution in [3.05, 3.63) is 64.7 Å². The highest BCUT2D eigenvalue weighted by atomic mass is 32.1. The van der Waals surface area contributed by atoms with Gasteiger partial charge in [0.15, 0.2) is 16.6 Å². The first-order chi connectivity index (χ1) is 13.0. The average Bonchev–Trinajstić information content (AvgIpc) is 3.11. The topological polar surface area (TPSA) is 71.6 Å². The van der Waals surface area contributed by atoms with Gasteiger partial charge in [0, 0.05) is 12.6 Å². The molecule has 0 bridgehead atoms. The van der Waals surface area contributed by atoms with Gasteiger partial charge >= 0.3 is 0 Å².